The lowest BCUT2D eigenvalue weighted by Crippen LogP contribution is -2.22. The van der Waals surface area contributed by atoms with Crippen LogP contribution in [-0.2, 0) is 0 Å². The van der Waals surface area contributed by atoms with Crippen molar-refractivity contribution in [3.63, 3.8) is 0 Å². The first kappa shape index (κ1) is 9.56. The summed E-state index contributed by atoms with van der Waals surface area (Å²) in [6.07, 6.45) is 4.95. The minimum absolute atomic E-state index is 0.547. The number of hydrogen-bond donors (Lipinski definition) is 0. The molecule has 0 amide bonds. The van der Waals surface area contributed by atoms with Crippen LogP contribution >= 0.6 is 0 Å². The molecule has 0 saturated heterocycles. The third-order valence-electron chi connectivity index (χ3n) is 2.52. The van der Waals surface area contributed by atoms with Gasteiger partial charge in [-0.1, -0.05) is 13.8 Å². The van der Waals surface area contributed by atoms with Crippen LogP contribution < -0.4 is 0 Å². The van der Waals surface area contributed by atoms with Crippen molar-refractivity contribution in [3.05, 3.63) is 0 Å². The van der Waals surface area contributed by atoms with Gasteiger partial charge in [0.15, 0.2) is 0 Å². The summed E-state index contributed by atoms with van der Waals surface area (Å²) in [7, 11) is 3.99. The highest BCUT2D eigenvalue weighted by atomic mass is 15.4. The van der Waals surface area contributed by atoms with E-state index in [1.54, 1.807) is 0 Å². The molecule has 0 aromatic carbocycles. The van der Waals surface area contributed by atoms with E-state index >= 15 is 0 Å². The zero-order valence-corrected chi connectivity index (χ0v) is 8.72. The Morgan fingerprint density at radius 3 is 2.08 bits per heavy atom. The first-order valence-corrected chi connectivity index (χ1v) is 4.73. The molecule has 1 rings (SSSR count). The van der Waals surface area contributed by atoms with Crippen LogP contribution in [0.25, 0.3) is 0 Å². The Labute approximate surface area is 75.6 Å². The van der Waals surface area contributed by atoms with E-state index in [-0.39, 0.29) is 0 Å². The molecule has 70 valence electrons. The van der Waals surface area contributed by atoms with Crippen molar-refractivity contribution in [1.82, 2.24) is 5.01 Å². The summed E-state index contributed by atoms with van der Waals surface area (Å²) in [6, 6.07) is 0. The molecule has 1 aliphatic rings. The molecule has 0 atom stereocenters. The van der Waals surface area contributed by atoms with E-state index in [1.165, 1.54) is 31.4 Å². The van der Waals surface area contributed by atoms with Crippen molar-refractivity contribution in [2.45, 2.75) is 39.5 Å². The van der Waals surface area contributed by atoms with Gasteiger partial charge in [-0.3, -0.25) is 0 Å². The smallest absolute Gasteiger partial charge is 0.0381 e. The summed E-state index contributed by atoms with van der Waals surface area (Å²) >= 11 is 0. The van der Waals surface area contributed by atoms with Crippen molar-refractivity contribution in [3.8, 4) is 0 Å². The van der Waals surface area contributed by atoms with Crippen LogP contribution in [0.3, 0.4) is 0 Å². The van der Waals surface area contributed by atoms with Gasteiger partial charge >= 0.3 is 0 Å². The third-order valence-corrected chi connectivity index (χ3v) is 2.52. The Hall–Kier alpha value is -0.530. The SMILES string of the molecule is CN(C)N=C1CCC(C)(C)CC1. The average molecular weight is 168 g/mol. The van der Waals surface area contributed by atoms with E-state index in [2.05, 4.69) is 18.9 Å². The van der Waals surface area contributed by atoms with Gasteiger partial charge in [0.05, 0.1) is 0 Å². The van der Waals surface area contributed by atoms with E-state index in [4.69, 9.17) is 0 Å². The van der Waals surface area contributed by atoms with E-state index in [0.29, 0.717) is 5.41 Å². The minimum atomic E-state index is 0.547. The van der Waals surface area contributed by atoms with Crippen LogP contribution in [0.5, 0.6) is 0 Å². The predicted octanol–water partition coefficient (Wildman–Crippen LogP) is 2.50. The summed E-state index contributed by atoms with van der Waals surface area (Å²) in [5, 5.41) is 6.36. The molecule has 2 nitrogen and oxygen atoms in total. The average Bonchev–Trinajstić information content (AvgIpc) is 1.93. The quantitative estimate of drug-likeness (QED) is 0.549. The van der Waals surface area contributed by atoms with Gasteiger partial charge in [0, 0.05) is 19.8 Å². The number of hydrogen-bond acceptors (Lipinski definition) is 2. The van der Waals surface area contributed by atoms with Crippen molar-refractivity contribution in [1.29, 1.82) is 0 Å². The molecule has 0 N–H and O–H groups in total. The molecule has 0 spiro atoms. The topological polar surface area (TPSA) is 15.6 Å². The van der Waals surface area contributed by atoms with Gasteiger partial charge in [-0.25, -0.2) is 0 Å². The summed E-state index contributed by atoms with van der Waals surface area (Å²) in [5.41, 5.74) is 1.92. The highest BCUT2D eigenvalue weighted by Crippen LogP contribution is 2.33. The van der Waals surface area contributed by atoms with Crippen LogP contribution in [0.4, 0.5) is 0 Å². The van der Waals surface area contributed by atoms with E-state index < -0.39 is 0 Å². The molecule has 2 heteroatoms. The number of nitrogens with zero attached hydrogens (tertiary/aromatic N) is 2. The zero-order chi connectivity index (χ0) is 9.19. The van der Waals surface area contributed by atoms with Gasteiger partial charge in [0.1, 0.15) is 0 Å². The van der Waals surface area contributed by atoms with E-state index in [1.807, 2.05) is 19.1 Å². The molecule has 0 aromatic heterocycles. The lowest BCUT2D eigenvalue weighted by atomic mass is 9.77. The first-order chi connectivity index (χ1) is 5.49. The monoisotopic (exact) mass is 168 g/mol. The zero-order valence-electron chi connectivity index (χ0n) is 8.72. The van der Waals surface area contributed by atoms with Crippen molar-refractivity contribution in [2.24, 2.45) is 10.5 Å². The molecule has 1 saturated carbocycles. The highest BCUT2D eigenvalue weighted by molar-refractivity contribution is 5.84. The largest absolute Gasteiger partial charge is 0.303 e. The molecule has 0 bridgehead atoms. The number of hydrazone groups is 1. The maximum absolute atomic E-state index is 4.45. The Morgan fingerprint density at radius 1 is 1.17 bits per heavy atom. The molecule has 0 radical (unpaired) electrons. The number of rotatable bonds is 1. The summed E-state index contributed by atoms with van der Waals surface area (Å²) in [4.78, 5) is 0. The maximum Gasteiger partial charge on any atom is 0.0381 e. The molecular formula is C10H20N2. The van der Waals surface area contributed by atoms with Gasteiger partial charge in [0.2, 0.25) is 0 Å². The summed E-state index contributed by atoms with van der Waals surface area (Å²) in [5.74, 6) is 0. The Balaban J connectivity index is 2.46. The maximum atomic E-state index is 4.45. The van der Waals surface area contributed by atoms with Crippen LogP contribution in [0.2, 0.25) is 0 Å². The first-order valence-electron chi connectivity index (χ1n) is 4.73. The molecule has 1 aliphatic carbocycles. The Morgan fingerprint density at radius 2 is 1.67 bits per heavy atom. The van der Waals surface area contributed by atoms with Gasteiger partial charge in [0.25, 0.3) is 0 Å². The normalized spacial score (nSPS) is 22.2. The molecule has 1 fully saturated rings. The van der Waals surface area contributed by atoms with Crippen LogP contribution in [0.1, 0.15) is 39.5 Å². The van der Waals surface area contributed by atoms with E-state index in [0.717, 1.165) is 0 Å². The van der Waals surface area contributed by atoms with Gasteiger partial charge in [-0.15, -0.1) is 0 Å². The molecule has 0 aliphatic heterocycles. The molecule has 0 heterocycles. The third kappa shape index (κ3) is 2.84. The van der Waals surface area contributed by atoms with Crippen molar-refractivity contribution >= 4 is 5.71 Å². The lowest BCUT2D eigenvalue weighted by molar-refractivity contribution is 0.297. The standard InChI is InChI=1S/C10H20N2/c1-10(2)7-5-9(6-8-10)11-12(3)4/h5-8H2,1-4H3. The predicted molar refractivity (Wildman–Crippen MR) is 53.4 cm³/mol. The molecular weight excluding hydrogens is 148 g/mol. The van der Waals surface area contributed by atoms with Gasteiger partial charge < -0.3 is 5.01 Å². The van der Waals surface area contributed by atoms with Crippen LogP contribution in [0.15, 0.2) is 5.10 Å². The van der Waals surface area contributed by atoms with Gasteiger partial charge in [-0.05, 0) is 31.1 Å². The highest BCUT2D eigenvalue weighted by Gasteiger charge is 2.24. The van der Waals surface area contributed by atoms with Crippen LogP contribution in [-0.4, -0.2) is 24.8 Å². The van der Waals surface area contributed by atoms with E-state index in [9.17, 15) is 0 Å². The molecule has 12 heavy (non-hydrogen) atoms. The Bertz CT molecular complexity index is 168. The molecule has 0 unspecified atom stereocenters. The van der Waals surface area contributed by atoms with Gasteiger partial charge in [-0.2, -0.15) is 5.10 Å². The Kier molecular flexibility index (Phi) is 2.76. The fourth-order valence-electron chi connectivity index (χ4n) is 1.60. The second-order valence-corrected chi connectivity index (χ2v) is 4.68. The summed E-state index contributed by atoms with van der Waals surface area (Å²) < 4.78 is 0. The fourth-order valence-corrected chi connectivity index (χ4v) is 1.60. The van der Waals surface area contributed by atoms with Crippen molar-refractivity contribution < 1.29 is 0 Å². The van der Waals surface area contributed by atoms with Crippen molar-refractivity contribution in [2.75, 3.05) is 14.1 Å². The van der Waals surface area contributed by atoms with Crippen LogP contribution in [0, 0.1) is 5.41 Å². The second kappa shape index (κ2) is 3.46. The second-order valence-electron chi connectivity index (χ2n) is 4.68. The fraction of sp³-hybridized carbons (Fsp3) is 0.900. The lowest BCUT2D eigenvalue weighted by Gasteiger charge is -2.30. The summed E-state index contributed by atoms with van der Waals surface area (Å²) in [6.45, 7) is 4.69. The molecule has 0 aromatic rings. The minimum Gasteiger partial charge on any atom is -0.303 e.